The molecule has 1 saturated heterocycles. The minimum absolute atomic E-state index is 0.0911. The molecule has 1 N–H and O–H groups in total. The van der Waals surface area contributed by atoms with Crippen molar-refractivity contribution in [2.75, 3.05) is 32.8 Å². The van der Waals surface area contributed by atoms with Crippen LogP contribution in [0.15, 0.2) is 54.9 Å². The summed E-state index contributed by atoms with van der Waals surface area (Å²) in [6.07, 6.45) is 1.71. The summed E-state index contributed by atoms with van der Waals surface area (Å²) in [4.78, 5) is 27.9. The third-order valence-electron chi connectivity index (χ3n) is 5.30. The molecular weight excluding hydrogens is 415 g/mol. The monoisotopic (exact) mass is 438 g/mol. The van der Waals surface area contributed by atoms with Crippen molar-refractivity contribution in [3.63, 3.8) is 0 Å². The fourth-order valence-electron chi connectivity index (χ4n) is 3.69. The van der Waals surface area contributed by atoms with E-state index >= 15 is 0 Å². The van der Waals surface area contributed by atoms with E-state index in [0.29, 0.717) is 49.5 Å². The van der Waals surface area contributed by atoms with E-state index in [1.807, 2.05) is 0 Å². The van der Waals surface area contributed by atoms with Crippen LogP contribution in [-0.4, -0.2) is 69.8 Å². The predicted octanol–water partition coefficient (Wildman–Crippen LogP) is 1.25. The Kier molecular flexibility index (Phi) is 6.81. The van der Waals surface area contributed by atoms with Gasteiger partial charge in [-0.1, -0.05) is 24.3 Å². The third kappa shape index (κ3) is 5.14. The van der Waals surface area contributed by atoms with Crippen molar-refractivity contribution in [3.05, 3.63) is 71.8 Å². The Hall–Kier alpha value is -3.66. The topological polar surface area (TPSA) is 102 Å². The quantitative estimate of drug-likeness (QED) is 0.596. The average Bonchev–Trinajstić information content (AvgIpc) is 3.36. The molecule has 10 heteroatoms. The molecule has 3 aromatic rings. The second kappa shape index (κ2) is 10.1. The van der Waals surface area contributed by atoms with Crippen LogP contribution in [0.4, 0.5) is 4.39 Å². The molecule has 1 unspecified atom stereocenters. The molecule has 1 aliphatic heterocycles. The van der Waals surface area contributed by atoms with Crippen LogP contribution in [0, 0.1) is 11.7 Å². The van der Waals surface area contributed by atoms with Crippen molar-refractivity contribution in [2.45, 2.75) is 6.42 Å². The number of benzene rings is 2. The number of tetrazole rings is 1. The van der Waals surface area contributed by atoms with Crippen molar-refractivity contribution < 1.29 is 18.7 Å². The van der Waals surface area contributed by atoms with Gasteiger partial charge in [0.1, 0.15) is 12.1 Å². The van der Waals surface area contributed by atoms with E-state index in [1.54, 1.807) is 41.3 Å². The lowest BCUT2D eigenvalue weighted by Crippen LogP contribution is -2.47. The maximum absolute atomic E-state index is 13.7. The summed E-state index contributed by atoms with van der Waals surface area (Å²) in [7, 11) is 0. The zero-order valence-corrected chi connectivity index (χ0v) is 17.4. The molecule has 32 heavy (non-hydrogen) atoms. The van der Waals surface area contributed by atoms with E-state index in [0.717, 1.165) is 0 Å². The lowest BCUT2D eigenvalue weighted by molar-refractivity contribution is -0.139. The highest BCUT2D eigenvalue weighted by molar-refractivity contribution is 5.98. The van der Waals surface area contributed by atoms with Gasteiger partial charge in [0.05, 0.1) is 30.4 Å². The Morgan fingerprint density at radius 3 is 2.69 bits per heavy atom. The first-order valence-corrected chi connectivity index (χ1v) is 10.3. The molecule has 0 spiro atoms. The van der Waals surface area contributed by atoms with Crippen LogP contribution in [0.2, 0.25) is 0 Å². The Balaban J connectivity index is 1.51. The number of rotatable bonds is 7. The molecule has 0 saturated carbocycles. The van der Waals surface area contributed by atoms with Crippen LogP contribution in [0.25, 0.3) is 5.69 Å². The molecule has 9 nitrogen and oxygen atoms in total. The molecule has 166 valence electrons. The van der Waals surface area contributed by atoms with Gasteiger partial charge in [0.2, 0.25) is 5.91 Å². The van der Waals surface area contributed by atoms with Crippen LogP contribution in [-0.2, 0) is 16.0 Å². The predicted molar refractivity (Wildman–Crippen MR) is 112 cm³/mol. The van der Waals surface area contributed by atoms with E-state index in [1.165, 1.54) is 23.1 Å². The molecule has 2 aromatic carbocycles. The minimum Gasteiger partial charge on any atom is -0.378 e. The number of carbonyl (C=O) groups is 2. The second-order valence-corrected chi connectivity index (χ2v) is 7.45. The van der Waals surface area contributed by atoms with Crippen molar-refractivity contribution in [1.82, 2.24) is 30.4 Å². The van der Waals surface area contributed by atoms with Gasteiger partial charge >= 0.3 is 0 Å². The number of halogens is 1. The lowest BCUT2D eigenvalue weighted by Gasteiger charge is -2.30. The van der Waals surface area contributed by atoms with Gasteiger partial charge in [0.25, 0.3) is 5.91 Å². The number of hydrogen-bond donors (Lipinski definition) is 1. The highest BCUT2D eigenvalue weighted by Gasteiger charge is 2.27. The van der Waals surface area contributed by atoms with Crippen LogP contribution in [0.1, 0.15) is 15.9 Å². The molecule has 1 aromatic heterocycles. The Labute approximate surface area is 184 Å². The molecule has 1 fully saturated rings. The van der Waals surface area contributed by atoms with E-state index in [2.05, 4.69) is 20.8 Å². The first-order chi connectivity index (χ1) is 15.6. The largest absolute Gasteiger partial charge is 0.378 e. The summed E-state index contributed by atoms with van der Waals surface area (Å²) < 4.78 is 20.4. The molecule has 2 amide bonds. The summed E-state index contributed by atoms with van der Waals surface area (Å²) in [5.74, 6) is -1.35. The maximum atomic E-state index is 13.7. The zero-order chi connectivity index (χ0) is 22.3. The van der Waals surface area contributed by atoms with Crippen molar-refractivity contribution in [1.29, 1.82) is 0 Å². The Morgan fingerprint density at radius 2 is 1.94 bits per heavy atom. The summed E-state index contributed by atoms with van der Waals surface area (Å²) >= 11 is 0. The number of carbonyl (C=O) groups excluding carboxylic acids is 2. The van der Waals surface area contributed by atoms with Gasteiger partial charge in [-0.2, -0.15) is 4.68 Å². The number of ether oxygens (including phenoxy) is 1. The smallest absolute Gasteiger partial charge is 0.253 e. The van der Waals surface area contributed by atoms with Crippen LogP contribution in [0.3, 0.4) is 0 Å². The number of morpholine rings is 1. The number of amides is 2. The zero-order valence-electron chi connectivity index (χ0n) is 17.4. The van der Waals surface area contributed by atoms with E-state index < -0.39 is 5.92 Å². The first-order valence-electron chi connectivity index (χ1n) is 10.3. The number of hydrogen-bond acceptors (Lipinski definition) is 6. The highest BCUT2D eigenvalue weighted by atomic mass is 19.1. The van der Waals surface area contributed by atoms with Crippen molar-refractivity contribution in [2.24, 2.45) is 5.92 Å². The number of nitrogens with one attached hydrogen (secondary N) is 1. The molecule has 1 aliphatic rings. The number of aromatic nitrogens is 4. The Morgan fingerprint density at radius 1 is 1.12 bits per heavy atom. The molecule has 0 aliphatic carbocycles. The van der Waals surface area contributed by atoms with Gasteiger partial charge in [-0.3, -0.25) is 9.59 Å². The summed E-state index contributed by atoms with van der Waals surface area (Å²) in [6.45, 7) is 2.05. The lowest BCUT2D eigenvalue weighted by atomic mass is 9.97. The van der Waals surface area contributed by atoms with E-state index in [9.17, 15) is 14.0 Å². The van der Waals surface area contributed by atoms with E-state index in [4.69, 9.17) is 4.74 Å². The minimum atomic E-state index is -0.543. The number of nitrogens with zero attached hydrogens (tertiary/aromatic N) is 5. The molecule has 0 radical (unpaired) electrons. The third-order valence-corrected chi connectivity index (χ3v) is 5.30. The molecular formula is C22H23FN6O3. The van der Waals surface area contributed by atoms with Gasteiger partial charge < -0.3 is 15.0 Å². The van der Waals surface area contributed by atoms with Crippen molar-refractivity contribution in [3.8, 4) is 5.69 Å². The maximum Gasteiger partial charge on any atom is 0.253 e. The van der Waals surface area contributed by atoms with Gasteiger partial charge in [0.15, 0.2) is 0 Å². The molecule has 4 rings (SSSR count). The highest BCUT2D eigenvalue weighted by Crippen LogP contribution is 2.16. The van der Waals surface area contributed by atoms with Crippen LogP contribution < -0.4 is 5.32 Å². The molecule has 2 heterocycles. The van der Waals surface area contributed by atoms with E-state index in [-0.39, 0.29) is 24.2 Å². The second-order valence-electron chi connectivity index (χ2n) is 7.45. The average molecular weight is 438 g/mol. The van der Waals surface area contributed by atoms with Crippen LogP contribution >= 0.6 is 0 Å². The van der Waals surface area contributed by atoms with Gasteiger partial charge in [0, 0.05) is 19.6 Å². The van der Waals surface area contributed by atoms with Gasteiger partial charge in [-0.15, -0.1) is 5.10 Å². The van der Waals surface area contributed by atoms with Crippen molar-refractivity contribution >= 4 is 11.8 Å². The van der Waals surface area contributed by atoms with Gasteiger partial charge in [-0.05, 0) is 46.7 Å². The standard InChI is InChI=1S/C22H23FN6O3/c23-18-5-3-4-16(13-18)12-17(22(31)28-8-10-32-11-9-28)14-24-21(30)19-6-1-2-7-20(19)29-15-25-26-27-29/h1-7,13,15,17H,8-12,14H2,(H,24,30). The summed E-state index contributed by atoms with van der Waals surface area (Å²) in [5.41, 5.74) is 1.60. The summed E-state index contributed by atoms with van der Waals surface area (Å²) in [6, 6.07) is 13.1. The van der Waals surface area contributed by atoms with Gasteiger partial charge in [-0.25, -0.2) is 4.39 Å². The normalized spacial score (nSPS) is 14.7. The fourth-order valence-corrected chi connectivity index (χ4v) is 3.69. The summed E-state index contributed by atoms with van der Waals surface area (Å²) in [5, 5.41) is 13.9. The SMILES string of the molecule is O=C(NCC(Cc1cccc(F)c1)C(=O)N1CCOCC1)c1ccccc1-n1cnnn1. The molecule has 0 bridgehead atoms. The molecule has 1 atom stereocenters. The van der Waals surface area contributed by atoms with Crippen LogP contribution in [0.5, 0.6) is 0 Å². The first kappa shape index (κ1) is 21.6. The number of para-hydroxylation sites is 1. The fraction of sp³-hybridized carbons (Fsp3) is 0.318. The Bertz CT molecular complexity index is 1070.